The molecule has 122 valence electrons. The standard InChI is InChI=1S/C17H20N2O2S2/c1-10-5-13-15(23-10)11(8-22-13)6-14(20)19-7-12-3-2-4-17(12,9-19)16(18)21/h5,8,12H,2-4,6-7,9H2,1H3,(H2,18,21)/t12-,17-/m0/s1. The third-order valence-corrected chi connectivity index (χ3v) is 7.73. The molecule has 2 amide bonds. The summed E-state index contributed by atoms with van der Waals surface area (Å²) >= 11 is 3.46. The zero-order valence-corrected chi connectivity index (χ0v) is 14.8. The van der Waals surface area contributed by atoms with Gasteiger partial charge in [0.05, 0.1) is 11.8 Å². The highest BCUT2D eigenvalue weighted by molar-refractivity contribution is 7.27. The number of carbonyl (C=O) groups is 2. The van der Waals surface area contributed by atoms with Gasteiger partial charge in [0, 0.05) is 27.4 Å². The van der Waals surface area contributed by atoms with E-state index >= 15 is 0 Å². The number of thiophene rings is 2. The largest absolute Gasteiger partial charge is 0.369 e. The topological polar surface area (TPSA) is 63.4 Å². The van der Waals surface area contributed by atoms with Gasteiger partial charge in [-0.05, 0) is 42.7 Å². The Kier molecular flexibility index (Phi) is 3.50. The smallest absolute Gasteiger partial charge is 0.227 e. The molecule has 2 aliphatic rings. The molecule has 0 aromatic carbocycles. The minimum absolute atomic E-state index is 0.130. The number of amides is 2. The second-order valence-corrected chi connectivity index (χ2v) is 9.04. The van der Waals surface area contributed by atoms with Gasteiger partial charge in [0.15, 0.2) is 0 Å². The van der Waals surface area contributed by atoms with Gasteiger partial charge in [0.2, 0.25) is 11.8 Å². The van der Waals surface area contributed by atoms with Gasteiger partial charge in [0.25, 0.3) is 0 Å². The van der Waals surface area contributed by atoms with Gasteiger partial charge in [-0.15, -0.1) is 22.7 Å². The number of nitrogens with zero attached hydrogens (tertiary/aromatic N) is 1. The van der Waals surface area contributed by atoms with Crippen LogP contribution in [0.2, 0.25) is 0 Å². The molecule has 2 N–H and O–H groups in total. The van der Waals surface area contributed by atoms with Crippen molar-refractivity contribution in [2.75, 3.05) is 13.1 Å². The molecule has 2 aromatic rings. The monoisotopic (exact) mass is 348 g/mol. The average Bonchev–Trinajstić information content (AvgIpc) is 3.18. The van der Waals surface area contributed by atoms with E-state index in [0.717, 1.165) is 24.8 Å². The highest BCUT2D eigenvalue weighted by Crippen LogP contribution is 2.48. The molecule has 4 rings (SSSR count). The maximum absolute atomic E-state index is 12.7. The summed E-state index contributed by atoms with van der Waals surface area (Å²) in [5, 5.41) is 2.10. The third kappa shape index (κ3) is 2.31. The Balaban J connectivity index is 1.53. The van der Waals surface area contributed by atoms with Crippen LogP contribution in [0.1, 0.15) is 29.7 Å². The molecule has 0 spiro atoms. The molecule has 1 aliphatic carbocycles. The number of rotatable bonds is 3. The summed E-state index contributed by atoms with van der Waals surface area (Å²) in [5.74, 6) is 0.170. The minimum atomic E-state index is -0.459. The number of hydrogen-bond donors (Lipinski definition) is 1. The Labute approximate surface area is 143 Å². The van der Waals surface area contributed by atoms with E-state index in [0.29, 0.717) is 19.5 Å². The van der Waals surface area contributed by atoms with E-state index in [1.165, 1.54) is 14.3 Å². The van der Waals surface area contributed by atoms with Crippen molar-refractivity contribution in [2.45, 2.75) is 32.6 Å². The van der Waals surface area contributed by atoms with Crippen molar-refractivity contribution in [1.82, 2.24) is 4.90 Å². The number of primary amides is 1. The number of fused-ring (bicyclic) bond motifs is 2. The maximum atomic E-state index is 12.7. The number of likely N-dealkylation sites (tertiary alicyclic amines) is 1. The first-order valence-electron chi connectivity index (χ1n) is 8.04. The Morgan fingerprint density at radius 3 is 3.04 bits per heavy atom. The van der Waals surface area contributed by atoms with Crippen LogP contribution in [0.15, 0.2) is 11.4 Å². The van der Waals surface area contributed by atoms with Crippen molar-refractivity contribution in [3.63, 3.8) is 0 Å². The lowest BCUT2D eigenvalue weighted by molar-refractivity contribution is -0.131. The van der Waals surface area contributed by atoms with E-state index in [1.807, 2.05) is 4.90 Å². The molecule has 1 saturated heterocycles. The van der Waals surface area contributed by atoms with E-state index in [-0.39, 0.29) is 17.7 Å². The van der Waals surface area contributed by atoms with E-state index < -0.39 is 5.41 Å². The predicted octanol–water partition coefficient (Wildman–Crippen LogP) is 2.93. The Morgan fingerprint density at radius 2 is 2.30 bits per heavy atom. The molecule has 2 aromatic heterocycles. The molecular formula is C17H20N2O2S2. The van der Waals surface area contributed by atoms with Gasteiger partial charge in [-0.1, -0.05) is 6.42 Å². The minimum Gasteiger partial charge on any atom is -0.369 e. The van der Waals surface area contributed by atoms with Gasteiger partial charge in [-0.2, -0.15) is 0 Å². The van der Waals surface area contributed by atoms with Crippen LogP contribution in [0.4, 0.5) is 0 Å². The fraction of sp³-hybridized carbons (Fsp3) is 0.529. The lowest BCUT2D eigenvalue weighted by Gasteiger charge is -2.24. The molecule has 0 bridgehead atoms. The lowest BCUT2D eigenvalue weighted by Crippen LogP contribution is -2.41. The van der Waals surface area contributed by atoms with Crippen molar-refractivity contribution in [1.29, 1.82) is 0 Å². The highest BCUT2D eigenvalue weighted by Gasteiger charge is 2.54. The van der Waals surface area contributed by atoms with Gasteiger partial charge in [0.1, 0.15) is 0 Å². The van der Waals surface area contributed by atoms with Crippen LogP contribution in [-0.4, -0.2) is 29.8 Å². The van der Waals surface area contributed by atoms with Gasteiger partial charge in [-0.3, -0.25) is 9.59 Å². The van der Waals surface area contributed by atoms with Crippen LogP contribution in [0.25, 0.3) is 9.40 Å². The summed E-state index contributed by atoms with van der Waals surface area (Å²) in [6.45, 7) is 3.31. The Morgan fingerprint density at radius 1 is 1.48 bits per heavy atom. The molecule has 23 heavy (non-hydrogen) atoms. The fourth-order valence-corrected chi connectivity index (χ4v) is 6.56. The van der Waals surface area contributed by atoms with Crippen LogP contribution in [0, 0.1) is 18.3 Å². The summed E-state index contributed by atoms with van der Waals surface area (Å²) in [6, 6.07) is 2.18. The Bertz CT molecular complexity index is 794. The lowest BCUT2D eigenvalue weighted by atomic mass is 9.80. The SMILES string of the molecule is Cc1cc2scc(CC(=O)N3C[C@@H]4CCC[C@]4(C(N)=O)C3)c2s1. The zero-order valence-electron chi connectivity index (χ0n) is 13.1. The van der Waals surface area contributed by atoms with E-state index in [2.05, 4.69) is 18.4 Å². The van der Waals surface area contributed by atoms with E-state index in [9.17, 15) is 9.59 Å². The van der Waals surface area contributed by atoms with Crippen molar-refractivity contribution in [2.24, 2.45) is 17.1 Å². The molecule has 0 radical (unpaired) electrons. The van der Waals surface area contributed by atoms with Crippen LogP contribution in [0.5, 0.6) is 0 Å². The van der Waals surface area contributed by atoms with E-state index in [1.54, 1.807) is 22.7 Å². The second kappa shape index (κ2) is 5.31. The molecule has 4 nitrogen and oxygen atoms in total. The van der Waals surface area contributed by atoms with Crippen LogP contribution in [0.3, 0.4) is 0 Å². The Hall–Kier alpha value is -1.40. The molecule has 2 atom stereocenters. The van der Waals surface area contributed by atoms with E-state index in [4.69, 9.17) is 5.73 Å². The second-order valence-electron chi connectivity index (χ2n) is 6.87. The highest BCUT2D eigenvalue weighted by atomic mass is 32.1. The van der Waals surface area contributed by atoms with Crippen molar-refractivity contribution < 1.29 is 9.59 Å². The summed E-state index contributed by atoms with van der Waals surface area (Å²) < 4.78 is 2.51. The zero-order chi connectivity index (χ0) is 16.2. The number of carbonyl (C=O) groups excluding carboxylic acids is 2. The number of nitrogens with two attached hydrogens (primary N) is 1. The van der Waals surface area contributed by atoms with Crippen LogP contribution in [-0.2, 0) is 16.0 Å². The molecule has 2 fully saturated rings. The quantitative estimate of drug-likeness (QED) is 0.927. The summed E-state index contributed by atoms with van der Waals surface area (Å²) in [5.41, 5.74) is 6.34. The van der Waals surface area contributed by atoms with Crippen molar-refractivity contribution in [3.05, 3.63) is 21.9 Å². The summed E-state index contributed by atoms with van der Waals surface area (Å²) in [7, 11) is 0. The maximum Gasteiger partial charge on any atom is 0.227 e. The molecule has 1 saturated carbocycles. The summed E-state index contributed by atoms with van der Waals surface area (Å²) in [6.07, 6.45) is 3.33. The van der Waals surface area contributed by atoms with Gasteiger partial charge >= 0.3 is 0 Å². The first kappa shape index (κ1) is 15.1. The first-order valence-corrected chi connectivity index (χ1v) is 9.73. The number of aryl methyl sites for hydroxylation is 1. The molecule has 3 heterocycles. The van der Waals surface area contributed by atoms with Gasteiger partial charge in [-0.25, -0.2) is 0 Å². The average molecular weight is 348 g/mol. The van der Waals surface area contributed by atoms with Crippen molar-refractivity contribution in [3.8, 4) is 0 Å². The number of hydrogen-bond acceptors (Lipinski definition) is 4. The molecule has 1 aliphatic heterocycles. The molecule has 6 heteroatoms. The van der Waals surface area contributed by atoms with Crippen LogP contribution >= 0.6 is 22.7 Å². The summed E-state index contributed by atoms with van der Waals surface area (Å²) in [4.78, 5) is 27.9. The normalized spacial score (nSPS) is 26.8. The predicted molar refractivity (Wildman–Crippen MR) is 93.7 cm³/mol. The van der Waals surface area contributed by atoms with Crippen LogP contribution < -0.4 is 5.73 Å². The van der Waals surface area contributed by atoms with Crippen molar-refractivity contribution >= 4 is 43.9 Å². The first-order chi connectivity index (χ1) is 11.0. The third-order valence-electron chi connectivity index (χ3n) is 5.50. The van der Waals surface area contributed by atoms with Gasteiger partial charge < -0.3 is 10.6 Å². The molecule has 0 unspecified atom stereocenters. The fourth-order valence-electron chi connectivity index (χ4n) is 4.27. The molecular weight excluding hydrogens is 328 g/mol.